The van der Waals surface area contributed by atoms with Gasteiger partial charge in [0.05, 0.1) is 6.61 Å². The Morgan fingerprint density at radius 2 is 2.42 bits per heavy atom. The third kappa shape index (κ3) is 1.55. The van der Waals surface area contributed by atoms with E-state index in [1.165, 1.54) is 6.92 Å². The fourth-order valence-electron chi connectivity index (χ4n) is 0.756. The fraction of sp³-hybridized carbons (Fsp3) is 0.429. The standard InChI is InChI=1S/C7H9NO4/c1-3-11-7-8-5(6(9)10)4(2)12-7/h3H2,1-2H3,(H,9,10). The average molecular weight is 171 g/mol. The highest BCUT2D eigenvalue weighted by atomic mass is 16.6. The van der Waals surface area contributed by atoms with Gasteiger partial charge in [-0.15, -0.1) is 0 Å². The van der Waals surface area contributed by atoms with Gasteiger partial charge in [0, 0.05) is 0 Å². The number of hydrogen-bond acceptors (Lipinski definition) is 4. The van der Waals surface area contributed by atoms with Gasteiger partial charge in [-0.25, -0.2) is 4.79 Å². The summed E-state index contributed by atoms with van der Waals surface area (Å²) in [5.41, 5.74) is -0.0987. The van der Waals surface area contributed by atoms with E-state index in [9.17, 15) is 4.79 Å². The zero-order valence-corrected chi connectivity index (χ0v) is 6.83. The molecule has 0 saturated heterocycles. The first-order chi connectivity index (χ1) is 5.65. The summed E-state index contributed by atoms with van der Waals surface area (Å²) in [6.45, 7) is 3.69. The Morgan fingerprint density at radius 3 is 2.83 bits per heavy atom. The molecule has 0 bridgehead atoms. The summed E-state index contributed by atoms with van der Waals surface area (Å²) in [6, 6.07) is 0. The van der Waals surface area contributed by atoms with Crippen molar-refractivity contribution in [3.8, 4) is 6.08 Å². The van der Waals surface area contributed by atoms with Gasteiger partial charge < -0.3 is 14.3 Å². The van der Waals surface area contributed by atoms with Crippen LogP contribution in [0.15, 0.2) is 4.42 Å². The second-order valence-corrected chi connectivity index (χ2v) is 2.12. The number of carboxylic acid groups (broad SMARTS) is 1. The van der Waals surface area contributed by atoms with Crippen molar-refractivity contribution in [1.82, 2.24) is 4.98 Å². The number of aryl methyl sites for hydroxylation is 1. The van der Waals surface area contributed by atoms with Gasteiger partial charge in [-0.1, -0.05) is 0 Å². The van der Waals surface area contributed by atoms with Crippen LogP contribution in [-0.2, 0) is 0 Å². The van der Waals surface area contributed by atoms with Crippen molar-refractivity contribution in [3.05, 3.63) is 11.5 Å². The predicted octanol–water partition coefficient (Wildman–Crippen LogP) is 1.08. The molecule has 0 aliphatic rings. The van der Waals surface area contributed by atoms with Crippen molar-refractivity contribution in [3.63, 3.8) is 0 Å². The van der Waals surface area contributed by atoms with E-state index in [4.69, 9.17) is 14.3 Å². The van der Waals surface area contributed by atoms with E-state index in [-0.39, 0.29) is 17.5 Å². The van der Waals surface area contributed by atoms with Crippen LogP contribution in [0, 0.1) is 6.92 Å². The molecule has 0 aromatic carbocycles. The molecule has 0 fully saturated rings. The summed E-state index contributed by atoms with van der Waals surface area (Å²) in [7, 11) is 0. The maximum atomic E-state index is 10.5. The molecular weight excluding hydrogens is 162 g/mol. The Labute approximate surface area is 69.0 Å². The minimum absolute atomic E-state index is 0.00685. The van der Waals surface area contributed by atoms with Gasteiger partial charge in [0.1, 0.15) is 5.76 Å². The van der Waals surface area contributed by atoms with Crippen LogP contribution < -0.4 is 4.74 Å². The number of aromatic nitrogens is 1. The maximum absolute atomic E-state index is 10.5. The average Bonchev–Trinajstić information content (AvgIpc) is 2.32. The van der Waals surface area contributed by atoms with Gasteiger partial charge in [-0.3, -0.25) is 0 Å². The smallest absolute Gasteiger partial charge is 0.394 e. The molecule has 0 radical (unpaired) electrons. The fourth-order valence-corrected chi connectivity index (χ4v) is 0.756. The summed E-state index contributed by atoms with van der Waals surface area (Å²) in [5.74, 6) is -0.854. The molecule has 0 aliphatic carbocycles. The number of carbonyl (C=O) groups is 1. The lowest BCUT2D eigenvalue weighted by Gasteiger charge is -1.91. The summed E-state index contributed by atoms with van der Waals surface area (Å²) >= 11 is 0. The van der Waals surface area contributed by atoms with Crippen LogP contribution in [0.25, 0.3) is 0 Å². The third-order valence-corrected chi connectivity index (χ3v) is 1.25. The molecule has 1 aromatic heterocycles. The van der Waals surface area contributed by atoms with Crippen molar-refractivity contribution in [2.75, 3.05) is 6.61 Å². The minimum Gasteiger partial charge on any atom is -0.476 e. The van der Waals surface area contributed by atoms with Crippen LogP contribution in [0.3, 0.4) is 0 Å². The zero-order chi connectivity index (χ0) is 9.14. The molecule has 1 heterocycles. The summed E-state index contributed by atoms with van der Waals surface area (Å²) in [4.78, 5) is 14.1. The number of rotatable bonds is 3. The second kappa shape index (κ2) is 3.25. The molecule has 12 heavy (non-hydrogen) atoms. The number of nitrogens with zero attached hydrogens (tertiary/aromatic N) is 1. The van der Waals surface area contributed by atoms with E-state index >= 15 is 0 Å². The van der Waals surface area contributed by atoms with E-state index in [2.05, 4.69) is 4.98 Å². The molecule has 5 nitrogen and oxygen atoms in total. The Kier molecular flexibility index (Phi) is 2.32. The van der Waals surface area contributed by atoms with E-state index in [1.54, 1.807) is 6.92 Å². The molecule has 66 valence electrons. The molecule has 0 spiro atoms. The van der Waals surface area contributed by atoms with Crippen LogP contribution in [0.5, 0.6) is 6.08 Å². The Bertz CT molecular complexity index is 292. The number of ether oxygens (including phenoxy) is 1. The van der Waals surface area contributed by atoms with Crippen molar-refractivity contribution in [2.24, 2.45) is 0 Å². The van der Waals surface area contributed by atoms with Gasteiger partial charge in [0.25, 0.3) is 0 Å². The quantitative estimate of drug-likeness (QED) is 0.736. The first-order valence-corrected chi connectivity index (χ1v) is 3.48. The lowest BCUT2D eigenvalue weighted by Crippen LogP contribution is -1.99. The Balaban J connectivity index is 2.92. The van der Waals surface area contributed by atoms with Gasteiger partial charge in [-0.05, 0) is 13.8 Å². The molecule has 0 atom stereocenters. The molecule has 0 amide bonds. The number of aromatic carboxylic acids is 1. The largest absolute Gasteiger partial charge is 0.476 e. The van der Waals surface area contributed by atoms with Crippen molar-refractivity contribution < 1.29 is 19.1 Å². The SMILES string of the molecule is CCOc1nc(C(=O)O)c(C)o1. The highest BCUT2D eigenvalue weighted by Gasteiger charge is 2.16. The van der Waals surface area contributed by atoms with Crippen molar-refractivity contribution in [2.45, 2.75) is 13.8 Å². The molecule has 0 aliphatic heterocycles. The van der Waals surface area contributed by atoms with E-state index in [0.717, 1.165) is 0 Å². The lowest BCUT2D eigenvalue weighted by molar-refractivity contribution is 0.0689. The molecule has 1 rings (SSSR count). The molecular formula is C7H9NO4. The molecule has 0 unspecified atom stereocenters. The maximum Gasteiger partial charge on any atom is 0.394 e. The van der Waals surface area contributed by atoms with Gasteiger partial charge >= 0.3 is 12.0 Å². The summed E-state index contributed by atoms with van der Waals surface area (Å²) in [6.07, 6.45) is 0.00685. The van der Waals surface area contributed by atoms with Crippen LogP contribution in [0.1, 0.15) is 23.2 Å². The van der Waals surface area contributed by atoms with Crippen LogP contribution in [-0.4, -0.2) is 22.7 Å². The van der Waals surface area contributed by atoms with Crippen molar-refractivity contribution >= 4 is 5.97 Å². The highest BCUT2D eigenvalue weighted by Crippen LogP contribution is 2.15. The minimum atomic E-state index is -1.11. The lowest BCUT2D eigenvalue weighted by atomic mass is 10.4. The Morgan fingerprint density at radius 1 is 1.75 bits per heavy atom. The number of hydrogen-bond donors (Lipinski definition) is 1. The second-order valence-electron chi connectivity index (χ2n) is 2.12. The number of carboxylic acids is 1. The first kappa shape index (κ1) is 8.58. The van der Waals surface area contributed by atoms with E-state index < -0.39 is 5.97 Å². The summed E-state index contributed by atoms with van der Waals surface area (Å²) < 4.78 is 9.78. The van der Waals surface area contributed by atoms with E-state index in [0.29, 0.717) is 6.61 Å². The Hall–Kier alpha value is -1.52. The zero-order valence-electron chi connectivity index (χ0n) is 6.83. The molecule has 1 aromatic rings. The normalized spacial score (nSPS) is 9.83. The first-order valence-electron chi connectivity index (χ1n) is 3.48. The molecule has 5 heteroatoms. The topological polar surface area (TPSA) is 72.6 Å². The van der Waals surface area contributed by atoms with Crippen LogP contribution >= 0.6 is 0 Å². The van der Waals surface area contributed by atoms with Gasteiger partial charge in [-0.2, -0.15) is 4.98 Å². The third-order valence-electron chi connectivity index (χ3n) is 1.25. The van der Waals surface area contributed by atoms with Gasteiger partial charge in [0.2, 0.25) is 0 Å². The van der Waals surface area contributed by atoms with Crippen LogP contribution in [0.4, 0.5) is 0 Å². The molecule has 1 N–H and O–H groups in total. The summed E-state index contributed by atoms with van der Waals surface area (Å²) in [5, 5.41) is 8.57. The highest BCUT2D eigenvalue weighted by molar-refractivity contribution is 5.86. The van der Waals surface area contributed by atoms with Crippen LogP contribution in [0.2, 0.25) is 0 Å². The predicted molar refractivity (Wildman–Crippen MR) is 39.4 cm³/mol. The van der Waals surface area contributed by atoms with Gasteiger partial charge in [0.15, 0.2) is 5.69 Å². The monoisotopic (exact) mass is 171 g/mol. The number of oxazole rings is 1. The van der Waals surface area contributed by atoms with E-state index in [1.807, 2.05) is 0 Å². The molecule has 0 saturated carbocycles. The van der Waals surface area contributed by atoms with Crippen molar-refractivity contribution in [1.29, 1.82) is 0 Å².